The van der Waals surface area contributed by atoms with Crippen LogP contribution in [0.1, 0.15) is 50.6 Å². The van der Waals surface area contributed by atoms with E-state index in [1.54, 1.807) is 4.57 Å². The minimum atomic E-state index is -0.785. The molecule has 2 aromatic rings. The van der Waals surface area contributed by atoms with Gasteiger partial charge in [0.1, 0.15) is 6.10 Å². The van der Waals surface area contributed by atoms with Crippen LogP contribution in [0.15, 0.2) is 35.1 Å². The Balaban J connectivity index is 1.84. The Morgan fingerprint density at radius 2 is 2.07 bits per heavy atom. The fourth-order valence-corrected chi connectivity index (χ4v) is 3.53. The van der Waals surface area contributed by atoms with Gasteiger partial charge in [0.05, 0.1) is 25.4 Å². The largest absolute Gasteiger partial charge is 0.389 e. The van der Waals surface area contributed by atoms with Crippen molar-refractivity contribution in [3.05, 3.63) is 52.2 Å². The molecule has 0 unspecified atom stereocenters. The first kappa shape index (κ1) is 19.8. The Morgan fingerprint density at radius 1 is 1.33 bits per heavy atom. The van der Waals surface area contributed by atoms with E-state index in [0.29, 0.717) is 19.0 Å². The molecular formula is C20H29N3O4. The summed E-state index contributed by atoms with van der Waals surface area (Å²) in [7, 11) is 0. The monoisotopic (exact) mass is 375 g/mol. The third-order valence-corrected chi connectivity index (χ3v) is 4.85. The first-order valence-corrected chi connectivity index (χ1v) is 9.65. The SMILES string of the molecule is CCn1c([C@H]2OCC[C@H]2c2ccccc2)nn(C[C@@H](O)COC(C)C)c1=O. The van der Waals surface area contributed by atoms with Crippen LogP contribution in [-0.4, -0.2) is 44.9 Å². The summed E-state index contributed by atoms with van der Waals surface area (Å²) in [6.45, 7) is 7.16. The number of hydrogen-bond donors (Lipinski definition) is 1. The van der Waals surface area contributed by atoms with Gasteiger partial charge in [0.25, 0.3) is 0 Å². The van der Waals surface area contributed by atoms with Gasteiger partial charge in [-0.3, -0.25) is 4.57 Å². The maximum Gasteiger partial charge on any atom is 0.346 e. The fourth-order valence-electron chi connectivity index (χ4n) is 3.53. The van der Waals surface area contributed by atoms with Crippen LogP contribution in [0.5, 0.6) is 0 Å². The number of benzene rings is 1. The van der Waals surface area contributed by atoms with Crippen molar-refractivity contribution < 1.29 is 14.6 Å². The van der Waals surface area contributed by atoms with E-state index in [0.717, 1.165) is 6.42 Å². The molecule has 1 aliphatic rings. The molecule has 1 aromatic carbocycles. The van der Waals surface area contributed by atoms with Crippen molar-refractivity contribution in [1.29, 1.82) is 0 Å². The fraction of sp³-hybridized carbons (Fsp3) is 0.600. The summed E-state index contributed by atoms with van der Waals surface area (Å²) in [4.78, 5) is 12.8. The highest BCUT2D eigenvalue weighted by atomic mass is 16.5. The topological polar surface area (TPSA) is 78.5 Å². The van der Waals surface area contributed by atoms with Gasteiger partial charge < -0.3 is 14.6 Å². The minimum Gasteiger partial charge on any atom is -0.389 e. The molecule has 3 rings (SSSR count). The van der Waals surface area contributed by atoms with Crippen molar-refractivity contribution in [2.45, 2.75) is 64.5 Å². The lowest BCUT2D eigenvalue weighted by molar-refractivity contribution is -0.00261. The molecule has 0 spiro atoms. The van der Waals surface area contributed by atoms with Crippen molar-refractivity contribution >= 4 is 0 Å². The van der Waals surface area contributed by atoms with Gasteiger partial charge in [-0.1, -0.05) is 30.3 Å². The molecule has 1 fully saturated rings. The second kappa shape index (κ2) is 8.82. The van der Waals surface area contributed by atoms with E-state index in [1.807, 2.05) is 39.0 Å². The molecule has 0 aliphatic carbocycles. The number of hydrogen-bond acceptors (Lipinski definition) is 5. The number of nitrogens with zero attached hydrogens (tertiary/aromatic N) is 3. The molecular weight excluding hydrogens is 346 g/mol. The number of aliphatic hydroxyl groups is 1. The molecule has 0 amide bonds. The van der Waals surface area contributed by atoms with E-state index < -0.39 is 6.10 Å². The maximum atomic E-state index is 12.8. The minimum absolute atomic E-state index is 0.0265. The second-order valence-electron chi connectivity index (χ2n) is 7.20. The van der Waals surface area contributed by atoms with Gasteiger partial charge in [0.2, 0.25) is 0 Å². The lowest BCUT2D eigenvalue weighted by atomic mass is 9.92. The van der Waals surface area contributed by atoms with Crippen LogP contribution < -0.4 is 5.69 Å². The average Bonchev–Trinajstić information content (AvgIpc) is 3.26. The van der Waals surface area contributed by atoms with Crippen molar-refractivity contribution in [3.8, 4) is 0 Å². The second-order valence-corrected chi connectivity index (χ2v) is 7.20. The lowest BCUT2D eigenvalue weighted by Gasteiger charge is -2.18. The van der Waals surface area contributed by atoms with Crippen LogP contribution in [0.3, 0.4) is 0 Å². The molecule has 1 aromatic heterocycles. The quantitative estimate of drug-likeness (QED) is 0.764. The molecule has 27 heavy (non-hydrogen) atoms. The highest BCUT2D eigenvalue weighted by molar-refractivity contribution is 5.23. The van der Waals surface area contributed by atoms with Crippen molar-refractivity contribution in [2.75, 3.05) is 13.2 Å². The molecule has 0 radical (unpaired) electrons. The standard InChI is InChI=1S/C20H29N3O4/c1-4-22-19(18-17(10-11-26-18)15-8-6-5-7-9-15)21-23(20(22)25)12-16(24)13-27-14(2)3/h5-9,14,16-18,24H,4,10-13H2,1-3H3/t16-,17+,18+/m1/s1. The smallest absolute Gasteiger partial charge is 0.346 e. The van der Waals surface area contributed by atoms with E-state index in [4.69, 9.17) is 9.47 Å². The summed E-state index contributed by atoms with van der Waals surface area (Å²) in [6.07, 6.45) is -0.124. The highest BCUT2D eigenvalue weighted by Gasteiger charge is 2.35. The van der Waals surface area contributed by atoms with Crippen LogP contribution in [-0.2, 0) is 22.6 Å². The van der Waals surface area contributed by atoms with Crippen molar-refractivity contribution in [2.24, 2.45) is 0 Å². The first-order chi connectivity index (χ1) is 13.0. The zero-order chi connectivity index (χ0) is 19.4. The number of rotatable bonds is 8. The lowest BCUT2D eigenvalue weighted by Crippen LogP contribution is -2.32. The summed E-state index contributed by atoms with van der Waals surface area (Å²) < 4.78 is 14.4. The molecule has 1 saturated heterocycles. The van der Waals surface area contributed by atoms with Crippen LogP contribution in [0.25, 0.3) is 0 Å². The van der Waals surface area contributed by atoms with Crippen molar-refractivity contribution in [1.82, 2.24) is 14.3 Å². The van der Waals surface area contributed by atoms with Gasteiger partial charge in [-0.25, -0.2) is 9.48 Å². The number of aromatic nitrogens is 3. The summed E-state index contributed by atoms with van der Waals surface area (Å²) >= 11 is 0. The van der Waals surface area contributed by atoms with E-state index in [-0.39, 0.29) is 37.0 Å². The summed E-state index contributed by atoms with van der Waals surface area (Å²) in [5, 5.41) is 14.7. The summed E-state index contributed by atoms with van der Waals surface area (Å²) in [6, 6.07) is 10.2. The van der Waals surface area contributed by atoms with Gasteiger partial charge in [-0.05, 0) is 32.8 Å². The molecule has 1 aliphatic heterocycles. The predicted molar refractivity (Wildman–Crippen MR) is 102 cm³/mol. The van der Waals surface area contributed by atoms with E-state index >= 15 is 0 Å². The molecule has 1 N–H and O–H groups in total. The van der Waals surface area contributed by atoms with Gasteiger partial charge in [-0.15, -0.1) is 0 Å². The highest BCUT2D eigenvalue weighted by Crippen LogP contribution is 2.40. The summed E-state index contributed by atoms with van der Waals surface area (Å²) in [5.74, 6) is 0.798. The summed E-state index contributed by atoms with van der Waals surface area (Å²) in [5.41, 5.74) is 0.966. The molecule has 2 heterocycles. The first-order valence-electron chi connectivity index (χ1n) is 9.65. The molecule has 148 valence electrons. The Morgan fingerprint density at radius 3 is 2.74 bits per heavy atom. The van der Waals surface area contributed by atoms with Crippen LogP contribution in [0.2, 0.25) is 0 Å². The Labute approximate surface area is 159 Å². The van der Waals surface area contributed by atoms with E-state index in [1.165, 1.54) is 10.2 Å². The number of aliphatic hydroxyl groups excluding tert-OH is 1. The average molecular weight is 375 g/mol. The van der Waals surface area contributed by atoms with Crippen LogP contribution in [0, 0.1) is 0 Å². The normalized spacial score (nSPS) is 21.1. The molecule has 0 bridgehead atoms. The van der Waals surface area contributed by atoms with Crippen molar-refractivity contribution in [3.63, 3.8) is 0 Å². The zero-order valence-electron chi connectivity index (χ0n) is 16.2. The van der Waals surface area contributed by atoms with E-state index in [2.05, 4.69) is 17.2 Å². The third kappa shape index (κ3) is 4.48. The van der Waals surface area contributed by atoms with Gasteiger partial charge >= 0.3 is 5.69 Å². The maximum absolute atomic E-state index is 12.8. The van der Waals surface area contributed by atoms with Gasteiger partial charge in [0, 0.05) is 19.1 Å². The predicted octanol–water partition coefficient (Wildman–Crippen LogP) is 2.10. The van der Waals surface area contributed by atoms with E-state index in [9.17, 15) is 9.90 Å². The molecule has 7 nitrogen and oxygen atoms in total. The van der Waals surface area contributed by atoms with Gasteiger partial charge in [-0.2, -0.15) is 5.10 Å². The molecule has 0 saturated carbocycles. The Kier molecular flexibility index (Phi) is 6.46. The third-order valence-electron chi connectivity index (χ3n) is 4.85. The Bertz CT molecular complexity index is 784. The van der Waals surface area contributed by atoms with Crippen LogP contribution in [0.4, 0.5) is 0 Å². The van der Waals surface area contributed by atoms with Crippen LogP contribution >= 0.6 is 0 Å². The molecule has 3 atom stereocenters. The zero-order valence-corrected chi connectivity index (χ0v) is 16.2. The Hall–Kier alpha value is -1.96. The van der Waals surface area contributed by atoms with Gasteiger partial charge in [0.15, 0.2) is 5.82 Å². The number of ether oxygens (including phenoxy) is 2. The molecule has 7 heteroatoms.